The van der Waals surface area contributed by atoms with Gasteiger partial charge in [0.1, 0.15) is 0 Å². The van der Waals surface area contributed by atoms with Crippen LogP contribution in [0.3, 0.4) is 0 Å². The van der Waals surface area contributed by atoms with Gasteiger partial charge in [-0.15, -0.1) is 0 Å². The summed E-state index contributed by atoms with van der Waals surface area (Å²) in [7, 11) is 0. The van der Waals surface area contributed by atoms with E-state index in [4.69, 9.17) is 9.30 Å². The Labute approximate surface area is 193 Å². The van der Waals surface area contributed by atoms with Crippen LogP contribution in [0.5, 0.6) is 0 Å². The molecule has 0 aliphatic rings. The van der Waals surface area contributed by atoms with E-state index in [0.29, 0.717) is 0 Å². The van der Waals surface area contributed by atoms with E-state index in [1.165, 1.54) is 0 Å². The van der Waals surface area contributed by atoms with Crippen LogP contribution < -0.4 is 0 Å². The summed E-state index contributed by atoms with van der Waals surface area (Å²) in [5.41, 5.74) is -0.0602. The smallest absolute Gasteiger partial charge is 2.00 e. The molecular formula is C22H42N4O2Ru. The zero-order valence-corrected chi connectivity index (χ0v) is 22.7. The van der Waals surface area contributed by atoms with Crippen LogP contribution in [-0.2, 0) is 28.8 Å². The Morgan fingerprint density at radius 3 is 0.828 bits per heavy atom. The van der Waals surface area contributed by atoms with Crippen molar-refractivity contribution in [2.24, 2.45) is 9.98 Å². The first kappa shape index (κ1) is 38.6. The maximum absolute atomic E-state index is 7.50. The zero-order chi connectivity index (χ0) is 24.0. The molecule has 0 atom stereocenters. The molecule has 0 heterocycles. The Morgan fingerprint density at radius 1 is 0.552 bits per heavy atom. The molecular weight excluding hydrogens is 453 g/mol. The monoisotopic (exact) mass is 496 g/mol. The molecule has 0 aromatic carbocycles. The standard InChI is InChI=1S/2C10H21N2.2CO.Ru/c2*1-8(11-9(2,3)4)12-10(5,6)7;2*1-2;/h2*1-7H3;;;/q2*-1;;;+2. The first-order valence-corrected chi connectivity index (χ1v) is 9.20. The SMILES string of the molecule is CC(=NC(C)(C)C)[N-]C(C)(C)C.CC(=NC(C)(C)C)[N-]C(C)(C)C.[C-]#[O+].[C-]#[O+].[Ru+2]. The predicted molar refractivity (Wildman–Crippen MR) is 120 cm³/mol. The number of amidine groups is 2. The number of hydrogen-bond acceptors (Lipinski definition) is 2. The second-order valence-electron chi connectivity index (χ2n) is 10.2. The summed E-state index contributed by atoms with van der Waals surface area (Å²) in [6.07, 6.45) is 0. The fraction of sp³-hybridized carbons (Fsp3) is 0.818. The van der Waals surface area contributed by atoms with Gasteiger partial charge in [0, 0.05) is 0 Å². The van der Waals surface area contributed by atoms with Gasteiger partial charge in [0.25, 0.3) is 0 Å². The van der Waals surface area contributed by atoms with E-state index in [2.05, 4.69) is 117 Å². The molecule has 0 aliphatic heterocycles. The number of aliphatic imine (C=N–C) groups is 2. The normalized spacial score (nSPS) is 12.3. The molecule has 0 radical (unpaired) electrons. The molecule has 0 unspecified atom stereocenters. The van der Waals surface area contributed by atoms with Gasteiger partial charge < -0.3 is 20.6 Å². The Morgan fingerprint density at radius 2 is 0.724 bits per heavy atom. The van der Waals surface area contributed by atoms with Crippen molar-refractivity contribution in [2.45, 2.75) is 119 Å². The van der Waals surface area contributed by atoms with E-state index in [-0.39, 0.29) is 41.6 Å². The van der Waals surface area contributed by atoms with E-state index in [9.17, 15) is 0 Å². The van der Waals surface area contributed by atoms with Gasteiger partial charge in [0.15, 0.2) is 0 Å². The molecule has 29 heavy (non-hydrogen) atoms. The quantitative estimate of drug-likeness (QED) is 0.118. The number of rotatable bonds is 0. The molecule has 0 saturated carbocycles. The van der Waals surface area contributed by atoms with E-state index < -0.39 is 0 Å². The van der Waals surface area contributed by atoms with Crippen molar-refractivity contribution < 1.29 is 28.8 Å². The van der Waals surface area contributed by atoms with Gasteiger partial charge in [0.05, 0.1) is 0 Å². The van der Waals surface area contributed by atoms with Gasteiger partial charge in [-0.1, -0.05) is 94.8 Å². The third-order valence-electron chi connectivity index (χ3n) is 1.99. The van der Waals surface area contributed by atoms with Gasteiger partial charge in [-0.05, 0) is 36.0 Å². The van der Waals surface area contributed by atoms with Crippen molar-refractivity contribution in [3.63, 3.8) is 0 Å². The summed E-state index contributed by atoms with van der Waals surface area (Å²) < 4.78 is 15.0. The van der Waals surface area contributed by atoms with E-state index in [1.54, 1.807) is 0 Å². The molecule has 0 fully saturated rings. The topological polar surface area (TPSA) is 92.7 Å². The third-order valence-corrected chi connectivity index (χ3v) is 1.99. The number of hydrogen-bond donors (Lipinski definition) is 0. The van der Waals surface area contributed by atoms with Crippen molar-refractivity contribution in [2.75, 3.05) is 0 Å². The molecule has 0 rings (SSSR count). The van der Waals surface area contributed by atoms with Crippen LogP contribution in [0.15, 0.2) is 9.98 Å². The van der Waals surface area contributed by atoms with Crippen LogP contribution in [-0.4, -0.2) is 33.8 Å². The molecule has 0 spiro atoms. The summed E-state index contributed by atoms with van der Waals surface area (Å²) in [5, 5.41) is 8.89. The van der Waals surface area contributed by atoms with Gasteiger partial charge >= 0.3 is 42.1 Å². The van der Waals surface area contributed by atoms with E-state index in [0.717, 1.165) is 11.7 Å². The molecule has 170 valence electrons. The van der Waals surface area contributed by atoms with Crippen molar-refractivity contribution in [3.8, 4) is 0 Å². The first-order valence-electron chi connectivity index (χ1n) is 9.20. The molecule has 0 aromatic heterocycles. The van der Waals surface area contributed by atoms with Crippen LogP contribution >= 0.6 is 0 Å². The van der Waals surface area contributed by atoms with Gasteiger partial charge in [-0.2, -0.15) is 0 Å². The van der Waals surface area contributed by atoms with Crippen molar-refractivity contribution in [1.29, 1.82) is 0 Å². The van der Waals surface area contributed by atoms with Crippen LogP contribution in [0.2, 0.25) is 0 Å². The fourth-order valence-corrected chi connectivity index (χ4v) is 1.99. The van der Waals surface area contributed by atoms with Crippen LogP contribution in [0.4, 0.5) is 0 Å². The average Bonchev–Trinajstić information content (AvgIpc) is 2.34. The molecule has 0 N–H and O–H groups in total. The van der Waals surface area contributed by atoms with Crippen LogP contribution in [0.1, 0.15) is 96.9 Å². The summed E-state index contributed by atoms with van der Waals surface area (Å²) in [5.74, 6) is 1.77. The van der Waals surface area contributed by atoms with E-state index >= 15 is 0 Å². The van der Waals surface area contributed by atoms with Gasteiger partial charge in [0.2, 0.25) is 0 Å². The molecule has 0 amide bonds. The van der Waals surface area contributed by atoms with Gasteiger partial charge in [-0.3, -0.25) is 0 Å². The van der Waals surface area contributed by atoms with Crippen LogP contribution in [0, 0.1) is 13.3 Å². The summed E-state index contributed by atoms with van der Waals surface area (Å²) in [4.78, 5) is 8.89. The maximum atomic E-state index is 7.50. The van der Waals surface area contributed by atoms with Crippen LogP contribution in [0.25, 0.3) is 10.6 Å². The summed E-state index contributed by atoms with van der Waals surface area (Å²) in [6.45, 7) is 37.8. The predicted octanol–water partition coefficient (Wildman–Crippen LogP) is 6.67. The van der Waals surface area contributed by atoms with Crippen molar-refractivity contribution in [3.05, 3.63) is 23.9 Å². The van der Waals surface area contributed by atoms with E-state index in [1.807, 2.05) is 13.8 Å². The average molecular weight is 496 g/mol. The molecule has 0 bridgehead atoms. The molecule has 0 saturated heterocycles. The molecule has 0 aliphatic carbocycles. The first-order chi connectivity index (χ1) is 12.2. The van der Waals surface area contributed by atoms with Crippen molar-refractivity contribution >= 4 is 11.7 Å². The Kier molecular flexibility index (Phi) is 22.4. The summed E-state index contributed by atoms with van der Waals surface area (Å²) in [6, 6.07) is 0. The molecule has 7 heteroatoms. The Balaban J connectivity index is -0.000000109. The second-order valence-corrected chi connectivity index (χ2v) is 10.2. The molecule has 0 aromatic rings. The maximum Gasteiger partial charge on any atom is 2.00 e. The Hall–Kier alpha value is -0.957. The fourth-order valence-electron chi connectivity index (χ4n) is 1.99. The third kappa shape index (κ3) is 46.8. The zero-order valence-electron chi connectivity index (χ0n) is 21.0. The number of nitrogens with zero attached hydrogens (tertiary/aromatic N) is 4. The van der Waals surface area contributed by atoms with Crippen molar-refractivity contribution in [1.82, 2.24) is 0 Å². The summed E-state index contributed by atoms with van der Waals surface area (Å²) >= 11 is 0. The minimum Gasteiger partial charge on any atom is 2.00 e. The Bertz CT molecular complexity index is 461. The largest absolute Gasteiger partial charge is 2.00 e. The second kappa shape index (κ2) is 16.8. The minimum absolute atomic E-state index is 0. The molecule has 6 nitrogen and oxygen atoms in total. The van der Waals surface area contributed by atoms with Gasteiger partial charge in [-0.25, -0.2) is 0 Å². The minimum atomic E-state index is -0.0150.